The van der Waals surface area contributed by atoms with Crippen molar-refractivity contribution in [1.82, 2.24) is 5.32 Å². The largest absolute Gasteiger partial charge is 0.480 e. The number of anilines is 1. The van der Waals surface area contributed by atoms with Gasteiger partial charge in [-0.15, -0.1) is 0 Å². The molecule has 1 atom stereocenters. The molecule has 3 N–H and O–H groups in total. The summed E-state index contributed by atoms with van der Waals surface area (Å²) >= 11 is 0. The fourth-order valence-corrected chi connectivity index (χ4v) is 1.15. The van der Waals surface area contributed by atoms with Crippen LogP contribution in [-0.4, -0.2) is 23.1 Å². The third-order valence-corrected chi connectivity index (χ3v) is 2.09. The molecule has 1 rings (SSSR count). The normalized spacial score (nSPS) is 11.7. The van der Waals surface area contributed by atoms with Gasteiger partial charge in [0.25, 0.3) is 0 Å². The van der Waals surface area contributed by atoms with Gasteiger partial charge in [-0.3, -0.25) is 4.79 Å². The van der Waals surface area contributed by atoms with Crippen LogP contribution in [0.2, 0.25) is 0 Å². The van der Waals surface area contributed by atoms with Crippen molar-refractivity contribution in [3.05, 3.63) is 29.6 Å². The highest BCUT2D eigenvalue weighted by atomic mass is 19.1. The number of carboxylic acid groups (broad SMARTS) is 1. The molecule has 0 heterocycles. The first-order valence-corrected chi connectivity index (χ1v) is 4.96. The molecule has 0 spiro atoms. The number of halogens is 1. The number of aliphatic carboxylic acids is 1. The van der Waals surface area contributed by atoms with Crippen LogP contribution in [0.5, 0.6) is 0 Å². The number of nitrogens with one attached hydrogen (secondary N) is 2. The van der Waals surface area contributed by atoms with Gasteiger partial charge in [0, 0.05) is 0 Å². The van der Waals surface area contributed by atoms with Crippen LogP contribution in [0.25, 0.3) is 0 Å². The van der Waals surface area contributed by atoms with Crippen LogP contribution in [-0.2, 0) is 4.79 Å². The summed E-state index contributed by atoms with van der Waals surface area (Å²) in [6.45, 7) is 3.07. The number of benzene rings is 1. The molecular formula is C11H13FN2O3. The van der Waals surface area contributed by atoms with Crippen molar-refractivity contribution < 1.29 is 19.1 Å². The first kappa shape index (κ1) is 13.0. The van der Waals surface area contributed by atoms with Crippen LogP contribution in [0.4, 0.5) is 14.9 Å². The van der Waals surface area contributed by atoms with E-state index in [0.29, 0.717) is 0 Å². The summed E-state index contributed by atoms with van der Waals surface area (Å²) in [6.07, 6.45) is 0. The van der Waals surface area contributed by atoms with E-state index in [0.717, 1.165) is 5.56 Å². The first-order chi connectivity index (χ1) is 7.90. The zero-order valence-corrected chi connectivity index (χ0v) is 9.45. The minimum absolute atomic E-state index is 0.0140. The molecule has 0 aromatic heterocycles. The number of urea groups is 1. The molecule has 0 unspecified atom stereocenters. The molecule has 0 bridgehead atoms. The van der Waals surface area contributed by atoms with Crippen molar-refractivity contribution in [2.75, 3.05) is 5.32 Å². The molecule has 2 amide bonds. The number of hydrogen-bond donors (Lipinski definition) is 3. The Bertz CT molecular complexity index is 448. The van der Waals surface area contributed by atoms with Crippen molar-refractivity contribution in [2.24, 2.45) is 0 Å². The number of carbonyl (C=O) groups excluding carboxylic acids is 1. The summed E-state index contributed by atoms with van der Waals surface area (Å²) in [6, 6.07) is 2.46. The second kappa shape index (κ2) is 5.29. The number of aryl methyl sites for hydroxylation is 1. The van der Waals surface area contributed by atoms with Gasteiger partial charge in [-0.05, 0) is 31.5 Å². The lowest BCUT2D eigenvalue weighted by Gasteiger charge is -2.11. The Morgan fingerprint density at radius 1 is 1.41 bits per heavy atom. The summed E-state index contributed by atoms with van der Waals surface area (Å²) in [4.78, 5) is 21.8. The minimum Gasteiger partial charge on any atom is -0.480 e. The fourth-order valence-electron chi connectivity index (χ4n) is 1.15. The number of rotatable bonds is 3. The second-order valence-electron chi connectivity index (χ2n) is 3.64. The monoisotopic (exact) mass is 240 g/mol. The SMILES string of the molecule is Cc1ccc(F)c(NC(=O)N[C@@H](C)C(=O)O)c1. The molecule has 0 aliphatic rings. The number of amides is 2. The number of hydrogen-bond acceptors (Lipinski definition) is 2. The number of carboxylic acids is 1. The third kappa shape index (κ3) is 3.75. The van der Waals surface area contributed by atoms with Crippen molar-refractivity contribution >= 4 is 17.7 Å². The maximum atomic E-state index is 13.3. The smallest absolute Gasteiger partial charge is 0.325 e. The van der Waals surface area contributed by atoms with Gasteiger partial charge in [0.05, 0.1) is 5.69 Å². The van der Waals surface area contributed by atoms with E-state index in [1.165, 1.54) is 19.1 Å². The van der Waals surface area contributed by atoms with Gasteiger partial charge >= 0.3 is 12.0 Å². The van der Waals surface area contributed by atoms with Crippen LogP contribution in [0.1, 0.15) is 12.5 Å². The lowest BCUT2D eigenvalue weighted by Crippen LogP contribution is -2.41. The van der Waals surface area contributed by atoms with E-state index in [2.05, 4.69) is 10.6 Å². The molecule has 1 aromatic carbocycles. The van der Waals surface area contributed by atoms with Crippen molar-refractivity contribution in [3.63, 3.8) is 0 Å². The summed E-state index contributed by atoms with van der Waals surface area (Å²) in [5.41, 5.74) is 0.799. The molecule has 0 radical (unpaired) electrons. The van der Waals surface area contributed by atoms with Crippen LogP contribution >= 0.6 is 0 Å². The first-order valence-electron chi connectivity index (χ1n) is 4.96. The van der Waals surface area contributed by atoms with Crippen molar-refractivity contribution in [1.29, 1.82) is 0 Å². The van der Waals surface area contributed by atoms with Gasteiger partial charge in [-0.1, -0.05) is 6.07 Å². The van der Waals surface area contributed by atoms with E-state index in [9.17, 15) is 14.0 Å². The summed E-state index contributed by atoms with van der Waals surface area (Å²) < 4.78 is 13.3. The molecule has 0 aliphatic heterocycles. The zero-order valence-electron chi connectivity index (χ0n) is 9.45. The predicted molar refractivity (Wildman–Crippen MR) is 60.4 cm³/mol. The Labute approximate surface area is 97.6 Å². The minimum atomic E-state index is -1.16. The van der Waals surface area contributed by atoms with E-state index in [-0.39, 0.29) is 5.69 Å². The molecule has 6 heteroatoms. The lowest BCUT2D eigenvalue weighted by molar-refractivity contribution is -0.138. The van der Waals surface area contributed by atoms with Gasteiger partial charge in [0.1, 0.15) is 11.9 Å². The van der Waals surface area contributed by atoms with E-state index >= 15 is 0 Å². The summed E-state index contributed by atoms with van der Waals surface area (Å²) in [7, 11) is 0. The lowest BCUT2D eigenvalue weighted by atomic mass is 10.2. The van der Waals surface area contributed by atoms with Crippen LogP contribution in [0.15, 0.2) is 18.2 Å². The highest BCUT2D eigenvalue weighted by Crippen LogP contribution is 2.15. The average Bonchev–Trinajstić information content (AvgIpc) is 2.23. The highest BCUT2D eigenvalue weighted by Gasteiger charge is 2.14. The van der Waals surface area contributed by atoms with E-state index < -0.39 is 23.9 Å². The van der Waals surface area contributed by atoms with Gasteiger partial charge in [-0.25, -0.2) is 9.18 Å². The van der Waals surface area contributed by atoms with Gasteiger partial charge in [-0.2, -0.15) is 0 Å². The predicted octanol–water partition coefficient (Wildman–Crippen LogP) is 1.73. The quantitative estimate of drug-likeness (QED) is 0.752. The highest BCUT2D eigenvalue weighted by molar-refractivity contribution is 5.92. The van der Waals surface area contributed by atoms with E-state index in [4.69, 9.17) is 5.11 Å². The third-order valence-electron chi connectivity index (χ3n) is 2.09. The Balaban J connectivity index is 2.68. The van der Waals surface area contributed by atoms with E-state index in [1.807, 2.05) is 0 Å². The standard InChI is InChI=1S/C11H13FN2O3/c1-6-3-4-8(12)9(5-6)14-11(17)13-7(2)10(15)16/h3-5,7H,1-2H3,(H,15,16)(H2,13,14,17)/t7-/m0/s1. The van der Waals surface area contributed by atoms with Crippen LogP contribution < -0.4 is 10.6 Å². The van der Waals surface area contributed by atoms with Gasteiger partial charge < -0.3 is 15.7 Å². The van der Waals surface area contributed by atoms with Crippen molar-refractivity contribution in [3.8, 4) is 0 Å². The van der Waals surface area contributed by atoms with Gasteiger partial charge in [0.2, 0.25) is 0 Å². The molecule has 0 aliphatic carbocycles. The molecule has 0 saturated heterocycles. The average molecular weight is 240 g/mol. The molecule has 17 heavy (non-hydrogen) atoms. The Morgan fingerprint density at radius 3 is 2.65 bits per heavy atom. The molecule has 1 aromatic rings. The molecule has 5 nitrogen and oxygen atoms in total. The van der Waals surface area contributed by atoms with Gasteiger partial charge in [0.15, 0.2) is 0 Å². The van der Waals surface area contributed by atoms with E-state index in [1.54, 1.807) is 13.0 Å². The maximum Gasteiger partial charge on any atom is 0.325 e. The molecule has 92 valence electrons. The summed E-state index contributed by atoms with van der Waals surface area (Å²) in [5.74, 6) is -1.74. The number of carbonyl (C=O) groups is 2. The molecule has 0 fully saturated rings. The molecule has 0 saturated carbocycles. The van der Waals surface area contributed by atoms with Crippen molar-refractivity contribution in [2.45, 2.75) is 19.9 Å². The second-order valence-corrected chi connectivity index (χ2v) is 3.64. The Morgan fingerprint density at radius 2 is 2.06 bits per heavy atom. The topological polar surface area (TPSA) is 78.4 Å². The van der Waals surface area contributed by atoms with Crippen LogP contribution in [0, 0.1) is 12.7 Å². The summed E-state index contributed by atoms with van der Waals surface area (Å²) in [5, 5.41) is 13.0. The maximum absolute atomic E-state index is 13.3. The van der Waals surface area contributed by atoms with Crippen LogP contribution in [0.3, 0.4) is 0 Å². The fraction of sp³-hybridized carbons (Fsp3) is 0.273. The Kier molecular flexibility index (Phi) is 4.03. The molecular weight excluding hydrogens is 227 g/mol. The zero-order chi connectivity index (χ0) is 13.0. The Hall–Kier alpha value is -2.11.